The maximum Gasteiger partial charge on any atom is 0.207 e. The first kappa shape index (κ1) is 18.7. The summed E-state index contributed by atoms with van der Waals surface area (Å²) in [5.41, 5.74) is 0. The van der Waals surface area contributed by atoms with Gasteiger partial charge in [0.2, 0.25) is 6.41 Å². The maximum absolute atomic E-state index is 11.0. The molecule has 2 fully saturated rings. The van der Waals surface area contributed by atoms with Crippen LogP contribution in [0.2, 0.25) is 0 Å². The average Bonchev–Trinajstić information content (AvgIpc) is 2.65. The molecule has 5 heteroatoms. The van der Waals surface area contributed by atoms with Crippen molar-refractivity contribution in [1.29, 1.82) is 0 Å². The van der Waals surface area contributed by atoms with Gasteiger partial charge in [0.25, 0.3) is 0 Å². The molecule has 1 aliphatic carbocycles. The highest BCUT2D eigenvalue weighted by Gasteiger charge is 2.32. The molecule has 1 aliphatic heterocycles. The third-order valence-electron chi connectivity index (χ3n) is 5.74. The molecule has 0 radical (unpaired) electrons. The van der Waals surface area contributed by atoms with Crippen LogP contribution in [0.4, 0.5) is 0 Å². The standard InChI is InChI=1S/C20H30N2O2S/c23-15-21-19(14-25-18-8-2-1-3-9-18)20(24)13-22-11-10-16-6-4-5-7-17(16)12-22/h1-3,8-9,15-17,19-20,24H,4-7,10-14H2,(H,21,23)/t16-,17+,19-,20+/m0/s1. The first-order chi connectivity index (χ1) is 12.3. The lowest BCUT2D eigenvalue weighted by atomic mass is 9.75. The predicted octanol–water partition coefficient (Wildman–Crippen LogP) is 2.77. The molecular formula is C20H30N2O2S. The van der Waals surface area contributed by atoms with Gasteiger partial charge < -0.3 is 15.3 Å². The lowest BCUT2D eigenvalue weighted by Gasteiger charge is -2.42. The Kier molecular flexibility index (Phi) is 7.20. The van der Waals surface area contributed by atoms with Crippen LogP contribution in [0.1, 0.15) is 32.1 Å². The molecule has 138 valence electrons. The van der Waals surface area contributed by atoms with Crippen LogP contribution < -0.4 is 5.32 Å². The molecule has 0 bridgehead atoms. The van der Waals surface area contributed by atoms with Crippen LogP contribution in [0.25, 0.3) is 0 Å². The molecule has 1 aromatic rings. The highest BCUT2D eigenvalue weighted by molar-refractivity contribution is 7.99. The van der Waals surface area contributed by atoms with Gasteiger partial charge >= 0.3 is 0 Å². The molecule has 4 nitrogen and oxygen atoms in total. The van der Waals surface area contributed by atoms with Crippen molar-refractivity contribution in [3.05, 3.63) is 30.3 Å². The van der Waals surface area contributed by atoms with Crippen LogP contribution in [0.3, 0.4) is 0 Å². The Bertz CT molecular complexity index is 528. The van der Waals surface area contributed by atoms with Crippen molar-refractivity contribution in [3.8, 4) is 0 Å². The van der Waals surface area contributed by atoms with Crippen LogP contribution in [0.5, 0.6) is 0 Å². The number of aliphatic hydroxyl groups is 1. The Balaban J connectivity index is 1.49. The summed E-state index contributed by atoms with van der Waals surface area (Å²) in [6.07, 6.45) is 6.95. The van der Waals surface area contributed by atoms with E-state index in [1.54, 1.807) is 11.8 Å². The number of β-amino-alcohol motifs (C(OH)–C–C–N with tert-alkyl or cyclic N) is 1. The first-order valence-electron chi connectivity index (χ1n) is 9.54. The molecule has 0 spiro atoms. The van der Waals surface area contributed by atoms with Crippen molar-refractivity contribution in [2.24, 2.45) is 11.8 Å². The molecule has 25 heavy (non-hydrogen) atoms. The Morgan fingerprint density at radius 2 is 1.96 bits per heavy atom. The van der Waals surface area contributed by atoms with E-state index in [4.69, 9.17) is 0 Å². The molecule has 4 atom stereocenters. The Labute approximate surface area is 155 Å². The van der Waals surface area contributed by atoms with E-state index in [9.17, 15) is 9.90 Å². The van der Waals surface area contributed by atoms with E-state index in [1.165, 1.54) is 32.1 Å². The number of benzene rings is 1. The smallest absolute Gasteiger partial charge is 0.207 e. The minimum atomic E-state index is -0.526. The normalized spacial score (nSPS) is 26.4. The highest BCUT2D eigenvalue weighted by Crippen LogP contribution is 2.36. The van der Waals surface area contributed by atoms with E-state index in [0.717, 1.165) is 29.8 Å². The molecule has 1 saturated carbocycles. The second-order valence-electron chi connectivity index (χ2n) is 7.44. The Morgan fingerprint density at radius 3 is 2.72 bits per heavy atom. The van der Waals surface area contributed by atoms with E-state index >= 15 is 0 Å². The summed E-state index contributed by atoms with van der Waals surface area (Å²) >= 11 is 1.68. The fourth-order valence-corrected chi connectivity index (χ4v) is 5.33. The minimum absolute atomic E-state index is 0.216. The quantitative estimate of drug-likeness (QED) is 0.552. The van der Waals surface area contributed by atoms with Gasteiger partial charge in [0.05, 0.1) is 12.1 Å². The van der Waals surface area contributed by atoms with Crippen molar-refractivity contribution < 1.29 is 9.90 Å². The van der Waals surface area contributed by atoms with E-state index in [-0.39, 0.29) is 6.04 Å². The summed E-state index contributed by atoms with van der Waals surface area (Å²) in [6, 6.07) is 9.91. The number of carbonyl (C=O) groups is 1. The summed E-state index contributed by atoms with van der Waals surface area (Å²) in [5, 5.41) is 13.5. The number of hydrogen-bond donors (Lipinski definition) is 2. The number of nitrogens with zero attached hydrogens (tertiary/aromatic N) is 1. The molecule has 3 rings (SSSR count). The van der Waals surface area contributed by atoms with Gasteiger partial charge in [0.1, 0.15) is 0 Å². The molecule has 1 saturated heterocycles. The van der Waals surface area contributed by atoms with Crippen LogP contribution in [-0.4, -0.2) is 53.9 Å². The van der Waals surface area contributed by atoms with Crippen molar-refractivity contribution >= 4 is 18.2 Å². The number of carbonyl (C=O) groups excluding carboxylic acids is 1. The number of nitrogens with one attached hydrogen (secondary N) is 1. The van der Waals surface area contributed by atoms with Crippen LogP contribution in [0, 0.1) is 11.8 Å². The Morgan fingerprint density at radius 1 is 1.20 bits per heavy atom. The molecule has 1 heterocycles. The van der Waals surface area contributed by atoms with Crippen molar-refractivity contribution in [3.63, 3.8) is 0 Å². The number of thioether (sulfide) groups is 1. The van der Waals surface area contributed by atoms with Gasteiger partial charge in [0, 0.05) is 23.7 Å². The highest BCUT2D eigenvalue weighted by atomic mass is 32.2. The van der Waals surface area contributed by atoms with Crippen LogP contribution in [0.15, 0.2) is 35.2 Å². The monoisotopic (exact) mass is 362 g/mol. The second kappa shape index (κ2) is 9.60. The first-order valence-corrected chi connectivity index (χ1v) is 10.5. The predicted molar refractivity (Wildman–Crippen MR) is 103 cm³/mol. The van der Waals surface area contributed by atoms with Crippen molar-refractivity contribution in [2.45, 2.75) is 49.1 Å². The van der Waals surface area contributed by atoms with Crippen molar-refractivity contribution in [2.75, 3.05) is 25.4 Å². The number of hydrogen-bond acceptors (Lipinski definition) is 4. The SMILES string of the molecule is O=CN[C@@H](CSc1ccccc1)[C@H](O)CN1CC[C@@H]2CCCC[C@@H]2C1. The largest absolute Gasteiger partial charge is 0.390 e. The topological polar surface area (TPSA) is 52.6 Å². The van der Waals surface area contributed by atoms with Gasteiger partial charge in [-0.15, -0.1) is 11.8 Å². The van der Waals surface area contributed by atoms with E-state index in [1.807, 2.05) is 18.2 Å². The van der Waals surface area contributed by atoms with E-state index in [2.05, 4.69) is 22.3 Å². The summed E-state index contributed by atoms with van der Waals surface area (Å²) in [5.74, 6) is 2.40. The maximum atomic E-state index is 11.0. The molecule has 1 amide bonds. The zero-order valence-corrected chi connectivity index (χ0v) is 15.7. The lowest BCUT2D eigenvalue weighted by molar-refractivity contribution is -0.110. The molecular weight excluding hydrogens is 332 g/mol. The van der Waals surface area contributed by atoms with Crippen LogP contribution >= 0.6 is 11.8 Å². The molecule has 2 aliphatic rings. The third-order valence-corrected chi connectivity index (χ3v) is 6.87. The van der Waals surface area contributed by atoms with Crippen molar-refractivity contribution in [1.82, 2.24) is 10.2 Å². The summed E-state index contributed by atoms with van der Waals surface area (Å²) in [6.45, 7) is 2.85. The average molecular weight is 363 g/mol. The minimum Gasteiger partial charge on any atom is -0.390 e. The van der Waals surface area contributed by atoms with Gasteiger partial charge in [-0.3, -0.25) is 4.79 Å². The summed E-state index contributed by atoms with van der Waals surface area (Å²) in [4.78, 5) is 14.5. The zero-order valence-electron chi connectivity index (χ0n) is 14.8. The van der Waals surface area contributed by atoms with Gasteiger partial charge in [-0.1, -0.05) is 37.5 Å². The van der Waals surface area contributed by atoms with Crippen LogP contribution in [-0.2, 0) is 4.79 Å². The van der Waals surface area contributed by atoms with Gasteiger partial charge in [0.15, 0.2) is 0 Å². The summed E-state index contributed by atoms with van der Waals surface area (Å²) < 4.78 is 0. The lowest BCUT2D eigenvalue weighted by Crippen LogP contribution is -2.50. The summed E-state index contributed by atoms with van der Waals surface area (Å²) in [7, 11) is 0. The fraction of sp³-hybridized carbons (Fsp3) is 0.650. The van der Waals surface area contributed by atoms with Gasteiger partial charge in [-0.05, 0) is 43.4 Å². The molecule has 0 aromatic heterocycles. The number of piperidine rings is 1. The molecule has 2 N–H and O–H groups in total. The number of amides is 1. The van der Waals surface area contributed by atoms with Gasteiger partial charge in [-0.25, -0.2) is 0 Å². The Hall–Kier alpha value is -1.04. The fourth-order valence-electron chi connectivity index (χ4n) is 4.29. The second-order valence-corrected chi connectivity index (χ2v) is 8.53. The molecule has 1 aromatic carbocycles. The third kappa shape index (κ3) is 5.47. The zero-order chi connectivity index (χ0) is 17.5. The van der Waals surface area contributed by atoms with E-state index in [0.29, 0.717) is 18.7 Å². The number of fused-ring (bicyclic) bond motifs is 1. The number of aliphatic hydroxyl groups excluding tert-OH is 1. The number of rotatable bonds is 8. The van der Waals surface area contributed by atoms with Gasteiger partial charge in [-0.2, -0.15) is 0 Å². The van der Waals surface area contributed by atoms with E-state index < -0.39 is 6.10 Å². The number of likely N-dealkylation sites (tertiary alicyclic amines) is 1. The molecule has 0 unspecified atom stereocenters.